The molecule has 0 radical (unpaired) electrons. The standard InChI is InChI=1S/C14H19N3O6/c1-8-9(12(18)19)6-11(17(21)22)10(15-8)7-16(5)13(20)23-14(2,3)4/h6H,7H2,1-5H3,(H,18,19). The van der Waals surface area contributed by atoms with Crippen LogP contribution in [0.3, 0.4) is 0 Å². The van der Waals surface area contributed by atoms with Crippen LogP contribution in [0.4, 0.5) is 10.5 Å². The molecule has 0 aliphatic rings. The minimum atomic E-state index is -1.30. The van der Waals surface area contributed by atoms with E-state index in [-0.39, 0.29) is 23.5 Å². The Morgan fingerprint density at radius 1 is 1.43 bits per heavy atom. The first-order chi connectivity index (χ1) is 10.4. The van der Waals surface area contributed by atoms with E-state index >= 15 is 0 Å². The van der Waals surface area contributed by atoms with Crippen LogP contribution in [0.5, 0.6) is 0 Å². The Kier molecular flexibility index (Phi) is 5.26. The summed E-state index contributed by atoms with van der Waals surface area (Å²) in [4.78, 5) is 38.5. The van der Waals surface area contributed by atoms with Gasteiger partial charge >= 0.3 is 12.1 Å². The third-order valence-electron chi connectivity index (χ3n) is 2.79. The first kappa shape index (κ1) is 18.3. The van der Waals surface area contributed by atoms with E-state index in [9.17, 15) is 19.7 Å². The average molecular weight is 325 g/mol. The number of nitrogens with zero attached hydrogens (tertiary/aromatic N) is 3. The van der Waals surface area contributed by atoms with Crippen LogP contribution in [0.2, 0.25) is 0 Å². The van der Waals surface area contributed by atoms with Crippen LogP contribution < -0.4 is 0 Å². The number of nitro groups is 1. The lowest BCUT2D eigenvalue weighted by Crippen LogP contribution is -2.34. The molecule has 1 heterocycles. The lowest BCUT2D eigenvalue weighted by molar-refractivity contribution is -0.386. The molecular formula is C14H19N3O6. The van der Waals surface area contributed by atoms with Crippen LogP contribution in [-0.2, 0) is 11.3 Å². The molecule has 0 aliphatic heterocycles. The topological polar surface area (TPSA) is 123 Å². The van der Waals surface area contributed by atoms with Gasteiger partial charge < -0.3 is 14.7 Å². The van der Waals surface area contributed by atoms with Crippen molar-refractivity contribution in [3.8, 4) is 0 Å². The number of pyridine rings is 1. The predicted molar refractivity (Wildman–Crippen MR) is 80.3 cm³/mol. The van der Waals surface area contributed by atoms with Crippen LogP contribution >= 0.6 is 0 Å². The van der Waals surface area contributed by atoms with Crippen LogP contribution in [0.1, 0.15) is 42.5 Å². The van der Waals surface area contributed by atoms with E-state index in [1.165, 1.54) is 14.0 Å². The van der Waals surface area contributed by atoms with Crippen molar-refractivity contribution in [2.24, 2.45) is 0 Å². The quantitative estimate of drug-likeness (QED) is 0.665. The maximum atomic E-state index is 11.9. The maximum Gasteiger partial charge on any atom is 0.410 e. The molecular weight excluding hydrogens is 306 g/mol. The number of aryl methyl sites for hydroxylation is 1. The van der Waals surface area contributed by atoms with Crippen molar-refractivity contribution in [3.05, 3.63) is 33.1 Å². The maximum absolute atomic E-state index is 11.9. The first-order valence-electron chi connectivity index (χ1n) is 6.74. The van der Waals surface area contributed by atoms with Crippen molar-refractivity contribution in [1.29, 1.82) is 0 Å². The fourth-order valence-electron chi connectivity index (χ4n) is 1.76. The van der Waals surface area contributed by atoms with E-state index in [4.69, 9.17) is 9.84 Å². The molecule has 126 valence electrons. The highest BCUT2D eigenvalue weighted by molar-refractivity contribution is 5.89. The van der Waals surface area contributed by atoms with Crippen LogP contribution in [0, 0.1) is 17.0 Å². The van der Waals surface area contributed by atoms with Gasteiger partial charge in [-0.2, -0.15) is 0 Å². The summed E-state index contributed by atoms with van der Waals surface area (Å²) in [5, 5.41) is 20.1. The molecule has 9 nitrogen and oxygen atoms in total. The SMILES string of the molecule is Cc1nc(CN(C)C(=O)OC(C)(C)C)c([N+](=O)[O-])cc1C(=O)O. The second-order valence-electron chi connectivity index (χ2n) is 5.99. The summed E-state index contributed by atoms with van der Waals surface area (Å²) in [6.45, 7) is 6.36. The second kappa shape index (κ2) is 6.59. The molecule has 1 aromatic heterocycles. The molecule has 1 N–H and O–H groups in total. The van der Waals surface area contributed by atoms with E-state index in [1.54, 1.807) is 20.8 Å². The first-order valence-corrected chi connectivity index (χ1v) is 6.74. The number of aromatic carboxylic acids is 1. The highest BCUT2D eigenvalue weighted by atomic mass is 16.6. The second-order valence-corrected chi connectivity index (χ2v) is 5.99. The third-order valence-corrected chi connectivity index (χ3v) is 2.79. The summed E-state index contributed by atoms with van der Waals surface area (Å²) >= 11 is 0. The number of carboxylic acid groups (broad SMARTS) is 1. The van der Waals surface area contributed by atoms with Gasteiger partial charge in [0.05, 0.1) is 22.7 Å². The number of amides is 1. The van der Waals surface area contributed by atoms with Gasteiger partial charge in [0, 0.05) is 13.1 Å². The molecule has 1 amide bonds. The van der Waals surface area contributed by atoms with E-state index < -0.39 is 28.3 Å². The molecule has 0 unspecified atom stereocenters. The van der Waals surface area contributed by atoms with Crippen molar-refractivity contribution in [2.75, 3.05) is 7.05 Å². The van der Waals surface area contributed by atoms with E-state index in [2.05, 4.69) is 4.98 Å². The van der Waals surface area contributed by atoms with Gasteiger partial charge in [0.15, 0.2) is 0 Å². The molecule has 0 saturated heterocycles. The molecule has 0 spiro atoms. The Bertz CT molecular complexity index is 651. The predicted octanol–water partition coefficient (Wildman–Crippen LogP) is 2.36. The van der Waals surface area contributed by atoms with Crippen LogP contribution in [-0.4, -0.2) is 44.6 Å². The Morgan fingerprint density at radius 2 is 2.00 bits per heavy atom. The van der Waals surface area contributed by atoms with Gasteiger partial charge in [-0.3, -0.25) is 10.1 Å². The van der Waals surface area contributed by atoms with E-state index in [1.807, 2.05) is 0 Å². The normalized spacial score (nSPS) is 11.0. The van der Waals surface area contributed by atoms with Gasteiger partial charge in [0.25, 0.3) is 5.69 Å². The summed E-state index contributed by atoms with van der Waals surface area (Å²) in [7, 11) is 1.42. The van der Waals surface area contributed by atoms with E-state index in [0.29, 0.717) is 0 Å². The molecule has 23 heavy (non-hydrogen) atoms. The van der Waals surface area contributed by atoms with Crippen molar-refractivity contribution in [1.82, 2.24) is 9.88 Å². The van der Waals surface area contributed by atoms with Crippen molar-refractivity contribution in [3.63, 3.8) is 0 Å². The lowest BCUT2D eigenvalue weighted by Gasteiger charge is -2.24. The fourth-order valence-corrected chi connectivity index (χ4v) is 1.76. The Hall–Kier alpha value is -2.71. The van der Waals surface area contributed by atoms with Crippen LogP contribution in [0.25, 0.3) is 0 Å². The number of hydrogen-bond acceptors (Lipinski definition) is 6. The number of aromatic nitrogens is 1. The smallest absolute Gasteiger partial charge is 0.410 e. The van der Waals surface area contributed by atoms with E-state index in [0.717, 1.165) is 11.0 Å². The highest BCUT2D eigenvalue weighted by Crippen LogP contribution is 2.22. The highest BCUT2D eigenvalue weighted by Gasteiger charge is 2.25. The summed E-state index contributed by atoms with van der Waals surface area (Å²) in [6, 6.07) is 0.947. The molecule has 0 fully saturated rings. The van der Waals surface area contributed by atoms with Gasteiger partial charge in [-0.05, 0) is 27.7 Å². The molecule has 9 heteroatoms. The summed E-state index contributed by atoms with van der Waals surface area (Å²) in [6.07, 6.45) is -0.659. The Labute approximate surface area is 133 Å². The minimum absolute atomic E-state index is 0.00846. The number of carboxylic acids is 1. The molecule has 0 atom stereocenters. The molecule has 1 aromatic rings. The summed E-state index contributed by atoms with van der Waals surface area (Å²) in [5.74, 6) is -1.30. The van der Waals surface area contributed by atoms with Crippen LogP contribution in [0.15, 0.2) is 6.07 Å². The monoisotopic (exact) mass is 325 g/mol. The molecule has 0 aromatic carbocycles. The van der Waals surface area contributed by atoms with Gasteiger partial charge in [0.2, 0.25) is 0 Å². The third kappa shape index (κ3) is 4.90. The van der Waals surface area contributed by atoms with Gasteiger partial charge in [-0.15, -0.1) is 0 Å². The number of ether oxygens (including phenoxy) is 1. The lowest BCUT2D eigenvalue weighted by atomic mass is 10.1. The number of carbonyl (C=O) groups is 2. The van der Waals surface area contributed by atoms with Gasteiger partial charge in [0.1, 0.15) is 11.3 Å². The number of rotatable bonds is 4. The zero-order chi connectivity index (χ0) is 17.9. The molecule has 0 bridgehead atoms. The fraction of sp³-hybridized carbons (Fsp3) is 0.500. The molecule has 0 aliphatic carbocycles. The summed E-state index contributed by atoms with van der Waals surface area (Å²) < 4.78 is 5.16. The van der Waals surface area contributed by atoms with Crippen molar-refractivity contribution < 1.29 is 24.4 Å². The number of carbonyl (C=O) groups excluding carboxylic acids is 1. The zero-order valence-electron chi connectivity index (χ0n) is 13.6. The largest absolute Gasteiger partial charge is 0.478 e. The Morgan fingerprint density at radius 3 is 2.43 bits per heavy atom. The Balaban J connectivity index is 3.13. The average Bonchev–Trinajstić information content (AvgIpc) is 2.35. The van der Waals surface area contributed by atoms with Crippen molar-refractivity contribution >= 4 is 17.7 Å². The van der Waals surface area contributed by atoms with Crippen molar-refractivity contribution in [2.45, 2.75) is 39.8 Å². The van der Waals surface area contributed by atoms with Gasteiger partial charge in [-0.1, -0.05) is 0 Å². The minimum Gasteiger partial charge on any atom is -0.478 e. The van der Waals surface area contributed by atoms with Gasteiger partial charge in [-0.25, -0.2) is 14.6 Å². The number of hydrogen-bond donors (Lipinski definition) is 1. The molecule has 0 saturated carbocycles. The summed E-state index contributed by atoms with van der Waals surface area (Å²) in [5.41, 5.74) is -1.28. The molecule has 1 rings (SSSR count). The zero-order valence-corrected chi connectivity index (χ0v) is 13.6.